The van der Waals surface area contributed by atoms with Gasteiger partial charge in [0, 0.05) is 23.4 Å². The van der Waals surface area contributed by atoms with Crippen molar-refractivity contribution in [1.29, 1.82) is 0 Å². The highest BCUT2D eigenvalue weighted by Gasteiger charge is 2.24. The van der Waals surface area contributed by atoms with E-state index in [-0.39, 0.29) is 4.90 Å². The number of hydrogen-bond donors (Lipinski definition) is 2. The van der Waals surface area contributed by atoms with E-state index >= 15 is 0 Å². The molecule has 1 aliphatic carbocycles. The largest absolute Gasteiger partial charge is 0.461 e. The van der Waals surface area contributed by atoms with Gasteiger partial charge in [-0.1, -0.05) is 6.92 Å². The molecule has 0 aliphatic heterocycles. The van der Waals surface area contributed by atoms with E-state index < -0.39 is 22.0 Å². The van der Waals surface area contributed by atoms with Gasteiger partial charge in [0.05, 0.1) is 4.90 Å². The number of hydrogen-bond acceptors (Lipinski definition) is 4. The van der Waals surface area contributed by atoms with E-state index in [9.17, 15) is 13.2 Å². The number of benzene rings is 1. The number of aryl methyl sites for hydroxylation is 2. The van der Waals surface area contributed by atoms with Crippen molar-refractivity contribution in [3.05, 3.63) is 29.5 Å². The van der Waals surface area contributed by atoms with Gasteiger partial charge < -0.3 is 10.2 Å². The maximum atomic E-state index is 12.4. The summed E-state index contributed by atoms with van der Waals surface area (Å²) in [6, 6.07) is 3.93. The summed E-state index contributed by atoms with van der Waals surface area (Å²) in [4.78, 5) is 11.3. The molecule has 1 aromatic carbocycles. The molecule has 1 amide bonds. The van der Waals surface area contributed by atoms with E-state index in [0.29, 0.717) is 12.0 Å². The van der Waals surface area contributed by atoms with Gasteiger partial charge in [-0.25, -0.2) is 8.42 Å². The maximum Gasteiger partial charge on any atom is 0.241 e. The van der Waals surface area contributed by atoms with Crippen molar-refractivity contribution in [3.8, 4) is 0 Å². The fraction of sp³-hybridized carbons (Fsp3) is 0.438. The molecular formula is C16H20N2O4S. The van der Waals surface area contributed by atoms with Crippen molar-refractivity contribution < 1.29 is 17.6 Å². The molecule has 0 saturated carbocycles. The normalized spacial score (nSPS) is 16.2. The minimum atomic E-state index is -3.82. The van der Waals surface area contributed by atoms with Gasteiger partial charge in [0.1, 0.15) is 17.4 Å². The molecule has 0 saturated heterocycles. The van der Waals surface area contributed by atoms with E-state index in [0.717, 1.165) is 36.8 Å². The number of fused-ring (bicyclic) bond motifs is 3. The Morgan fingerprint density at radius 1 is 1.35 bits per heavy atom. The minimum Gasteiger partial charge on any atom is -0.461 e. The highest BCUT2D eigenvalue weighted by Crippen LogP contribution is 2.33. The van der Waals surface area contributed by atoms with Gasteiger partial charge in [0.25, 0.3) is 0 Å². The van der Waals surface area contributed by atoms with Crippen molar-refractivity contribution in [2.24, 2.45) is 5.73 Å². The van der Waals surface area contributed by atoms with E-state index in [1.165, 1.54) is 11.6 Å². The standard InChI is InChI=1S/C16H20N2O4S/c1-2-13(16(17)19)18-23(20,21)10-7-8-12-11-5-3-4-6-14(11)22-15(12)9-10/h7-9,13,18H,2-6H2,1H3,(H2,17,19). The van der Waals surface area contributed by atoms with Gasteiger partial charge in [-0.3, -0.25) is 4.79 Å². The molecule has 1 unspecified atom stereocenters. The number of primary amides is 1. The third-order valence-electron chi connectivity index (χ3n) is 4.29. The number of rotatable bonds is 5. The molecule has 0 radical (unpaired) electrons. The Hall–Kier alpha value is -1.86. The molecule has 1 aliphatic rings. The summed E-state index contributed by atoms with van der Waals surface area (Å²) >= 11 is 0. The van der Waals surface area contributed by atoms with Crippen LogP contribution in [0.4, 0.5) is 0 Å². The summed E-state index contributed by atoms with van der Waals surface area (Å²) in [6.45, 7) is 1.70. The molecule has 3 rings (SSSR count). The van der Waals surface area contributed by atoms with Gasteiger partial charge in [0.2, 0.25) is 15.9 Å². The number of carbonyl (C=O) groups excluding carboxylic acids is 1. The summed E-state index contributed by atoms with van der Waals surface area (Å²) in [5.41, 5.74) is 6.97. The Morgan fingerprint density at radius 3 is 2.78 bits per heavy atom. The average molecular weight is 336 g/mol. The topological polar surface area (TPSA) is 102 Å². The summed E-state index contributed by atoms with van der Waals surface area (Å²) < 4.78 is 33.0. The fourth-order valence-corrected chi connectivity index (χ4v) is 4.31. The predicted molar refractivity (Wildman–Crippen MR) is 86.5 cm³/mol. The fourth-order valence-electron chi connectivity index (χ4n) is 3.01. The second-order valence-electron chi connectivity index (χ2n) is 5.85. The van der Waals surface area contributed by atoms with Crippen LogP contribution < -0.4 is 10.5 Å². The van der Waals surface area contributed by atoms with Crippen LogP contribution in [0.2, 0.25) is 0 Å². The molecule has 1 heterocycles. The lowest BCUT2D eigenvalue weighted by atomic mass is 9.96. The van der Waals surface area contributed by atoms with Gasteiger partial charge in [0.15, 0.2) is 0 Å². The molecule has 0 spiro atoms. The van der Waals surface area contributed by atoms with Crippen molar-refractivity contribution in [2.45, 2.75) is 50.0 Å². The molecule has 0 bridgehead atoms. The first kappa shape index (κ1) is 16.0. The Labute approximate surface area is 135 Å². The zero-order valence-electron chi connectivity index (χ0n) is 13.0. The van der Waals surface area contributed by atoms with Crippen LogP contribution >= 0.6 is 0 Å². The molecule has 2 aromatic rings. The third kappa shape index (κ3) is 2.98. The van der Waals surface area contributed by atoms with Crippen LogP contribution in [0.15, 0.2) is 27.5 Å². The first-order valence-corrected chi connectivity index (χ1v) is 9.26. The molecule has 23 heavy (non-hydrogen) atoms. The van der Waals surface area contributed by atoms with Gasteiger partial charge in [-0.05, 0) is 37.8 Å². The lowest BCUT2D eigenvalue weighted by Crippen LogP contribution is -2.43. The highest BCUT2D eigenvalue weighted by atomic mass is 32.2. The zero-order valence-corrected chi connectivity index (χ0v) is 13.8. The van der Waals surface area contributed by atoms with Crippen LogP contribution in [0, 0.1) is 0 Å². The van der Waals surface area contributed by atoms with Crippen molar-refractivity contribution in [3.63, 3.8) is 0 Å². The maximum absolute atomic E-state index is 12.4. The quantitative estimate of drug-likeness (QED) is 0.870. The number of nitrogens with one attached hydrogen (secondary N) is 1. The Kier molecular flexibility index (Phi) is 4.16. The average Bonchev–Trinajstić information content (AvgIpc) is 2.90. The number of nitrogens with two attached hydrogens (primary N) is 1. The molecule has 124 valence electrons. The van der Waals surface area contributed by atoms with Crippen molar-refractivity contribution in [2.75, 3.05) is 0 Å². The Morgan fingerprint density at radius 2 is 2.09 bits per heavy atom. The number of amides is 1. The second-order valence-corrected chi connectivity index (χ2v) is 7.57. The number of carbonyl (C=O) groups is 1. The zero-order chi connectivity index (χ0) is 16.6. The lowest BCUT2D eigenvalue weighted by molar-refractivity contribution is -0.119. The van der Waals surface area contributed by atoms with Gasteiger partial charge in [-0.15, -0.1) is 0 Å². The van der Waals surface area contributed by atoms with Crippen LogP contribution in [0.5, 0.6) is 0 Å². The van der Waals surface area contributed by atoms with E-state index in [2.05, 4.69) is 4.72 Å². The molecular weight excluding hydrogens is 316 g/mol. The number of sulfonamides is 1. The molecule has 1 atom stereocenters. The summed E-state index contributed by atoms with van der Waals surface area (Å²) in [7, 11) is -3.82. The van der Waals surface area contributed by atoms with Crippen LogP contribution in [0.25, 0.3) is 11.0 Å². The summed E-state index contributed by atoms with van der Waals surface area (Å²) in [6.07, 6.45) is 4.37. The Balaban J connectivity index is 1.98. The Bertz CT molecular complexity index is 854. The van der Waals surface area contributed by atoms with E-state index in [1.54, 1.807) is 19.1 Å². The van der Waals surface area contributed by atoms with Gasteiger partial charge in [-0.2, -0.15) is 4.72 Å². The smallest absolute Gasteiger partial charge is 0.241 e. The van der Waals surface area contributed by atoms with Crippen LogP contribution in [-0.2, 0) is 27.7 Å². The highest BCUT2D eigenvalue weighted by molar-refractivity contribution is 7.89. The van der Waals surface area contributed by atoms with Crippen LogP contribution in [0.3, 0.4) is 0 Å². The molecule has 7 heteroatoms. The van der Waals surface area contributed by atoms with E-state index in [4.69, 9.17) is 10.2 Å². The van der Waals surface area contributed by atoms with Crippen molar-refractivity contribution >= 4 is 26.9 Å². The van der Waals surface area contributed by atoms with Crippen LogP contribution in [-0.4, -0.2) is 20.4 Å². The molecule has 3 N–H and O–H groups in total. The SMILES string of the molecule is CCC(NS(=O)(=O)c1ccc2c3c(oc2c1)CCCC3)C(N)=O. The van der Waals surface area contributed by atoms with Crippen molar-refractivity contribution in [1.82, 2.24) is 4.72 Å². The molecule has 6 nitrogen and oxygen atoms in total. The molecule has 0 fully saturated rings. The minimum absolute atomic E-state index is 0.0794. The van der Waals surface area contributed by atoms with Gasteiger partial charge >= 0.3 is 0 Å². The second kappa shape index (κ2) is 5.98. The lowest BCUT2D eigenvalue weighted by Gasteiger charge is -2.13. The number of furan rings is 1. The first-order chi connectivity index (χ1) is 10.9. The summed E-state index contributed by atoms with van der Waals surface area (Å²) in [5, 5.41) is 0.973. The first-order valence-electron chi connectivity index (χ1n) is 7.78. The predicted octanol–water partition coefficient (Wildman–Crippen LogP) is 1.85. The monoisotopic (exact) mass is 336 g/mol. The van der Waals surface area contributed by atoms with Crippen LogP contribution in [0.1, 0.15) is 37.5 Å². The summed E-state index contributed by atoms with van der Waals surface area (Å²) in [5.74, 6) is 0.267. The molecule has 1 aromatic heterocycles. The third-order valence-corrected chi connectivity index (χ3v) is 5.76. The van der Waals surface area contributed by atoms with E-state index in [1.807, 2.05) is 0 Å².